The summed E-state index contributed by atoms with van der Waals surface area (Å²) in [5.74, 6) is 1.25. The second kappa shape index (κ2) is 8.84. The van der Waals surface area contributed by atoms with E-state index in [1.807, 2.05) is 18.2 Å². The molecule has 0 radical (unpaired) electrons. The molecule has 0 saturated heterocycles. The third-order valence-corrected chi connectivity index (χ3v) is 5.57. The van der Waals surface area contributed by atoms with Crippen LogP contribution in [0.2, 0.25) is 10.0 Å². The molecule has 0 aliphatic carbocycles. The summed E-state index contributed by atoms with van der Waals surface area (Å²) in [6, 6.07) is 10.9. The standard InChI is InChI=1S/C21H22Cl2N2O3/c1-4-13-11-20(26)25(12-15-16(22)6-5-7-17(15)23)24-21(13)14-8-9-18(27-2)19(10-14)28-3/h5-10,13H,4,11-12H2,1-3H3. The van der Waals surface area contributed by atoms with Crippen LogP contribution in [0.4, 0.5) is 0 Å². The fraction of sp³-hybridized carbons (Fsp3) is 0.333. The molecule has 1 unspecified atom stereocenters. The number of methoxy groups -OCH3 is 2. The Balaban J connectivity index is 2.00. The van der Waals surface area contributed by atoms with Crippen LogP contribution in [-0.2, 0) is 11.3 Å². The molecule has 2 aromatic rings. The first-order valence-electron chi connectivity index (χ1n) is 9.02. The lowest BCUT2D eigenvalue weighted by Gasteiger charge is -2.29. The summed E-state index contributed by atoms with van der Waals surface area (Å²) in [6.07, 6.45) is 1.19. The first-order valence-corrected chi connectivity index (χ1v) is 9.78. The zero-order valence-corrected chi connectivity index (χ0v) is 17.5. The number of hydrazone groups is 1. The first-order chi connectivity index (χ1) is 13.5. The summed E-state index contributed by atoms with van der Waals surface area (Å²) in [7, 11) is 3.19. The zero-order valence-electron chi connectivity index (χ0n) is 16.0. The highest BCUT2D eigenvalue weighted by Crippen LogP contribution is 2.33. The van der Waals surface area contributed by atoms with Crippen molar-refractivity contribution in [2.24, 2.45) is 11.0 Å². The average Bonchev–Trinajstić information content (AvgIpc) is 2.71. The van der Waals surface area contributed by atoms with E-state index in [0.29, 0.717) is 33.5 Å². The van der Waals surface area contributed by atoms with Crippen molar-refractivity contribution in [2.45, 2.75) is 26.3 Å². The Morgan fingerprint density at radius 2 is 1.79 bits per heavy atom. The number of carbonyl (C=O) groups is 1. The van der Waals surface area contributed by atoms with Gasteiger partial charge < -0.3 is 9.47 Å². The van der Waals surface area contributed by atoms with Gasteiger partial charge in [0.15, 0.2) is 11.5 Å². The van der Waals surface area contributed by atoms with Gasteiger partial charge in [-0.1, -0.05) is 36.2 Å². The van der Waals surface area contributed by atoms with Gasteiger partial charge in [0.05, 0.1) is 26.5 Å². The molecule has 1 heterocycles. The summed E-state index contributed by atoms with van der Waals surface area (Å²) in [5, 5.41) is 7.16. The predicted molar refractivity (Wildman–Crippen MR) is 111 cm³/mol. The van der Waals surface area contributed by atoms with Crippen LogP contribution in [0, 0.1) is 5.92 Å². The van der Waals surface area contributed by atoms with Crippen LogP contribution < -0.4 is 9.47 Å². The van der Waals surface area contributed by atoms with Gasteiger partial charge in [-0.05, 0) is 36.8 Å². The number of halogens is 2. The maximum atomic E-state index is 12.7. The van der Waals surface area contributed by atoms with Crippen LogP contribution in [-0.4, -0.2) is 30.8 Å². The normalized spacial score (nSPS) is 16.8. The van der Waals surface area contributed by atoms with Crippen LogP contribution in [0.15, 0.2) is 41.5 Å². The minimum Gasteiger partial charge on any atom is -0.493 e. The molecule has 1 amide bonds. The molecule has 1 aliphatic heterocycles. The Hall–Kier alpha value is -2.24. The first kappa shape index (κ1) is 20.5. The zero-order chi connectivity index (χ0) is 20.3. The van der Waals surface area contributed by atoms with Crippen molar-refractivity contribution in [1.82, 2.24) is 5.01 Å². The van der Waals surface area contributed by atoms with E-state index in [9.17, 15) is 4.79 Å². The molecule has 0 N–H and O–H groups in total. The molecule has 0 aromatic heterocycles. The number of carbonyl (C=O) groups excluding carboxylic acids is 1. The van der Waals surface area contributed by atoms with Gasteiger partial charge in [-0.15, -0.1) is 0 Å². The fourth-order valence-corrected chi connectivity index (χ4v) is 3.78. The smallest absolute Gasteiger partial charge is 0.243 e. The van der Waals surface area contributed by atoms with E-state index < -0.39 is 0 Å². The van der Waals surface area contributed by atoms with Crippen LogP contribution >= 0.6 is 23.2 Å². The molecule has 1 atom stereocenters. The molecular weight excluding hydrogens is 399 g/mol. The SMILES string of the molecule is CCC1CC(=O)N(Cc2c(Cl)cccc2Cl)N=C1c1ccc(OC)c(OC)c1. The van der Waals surface area contributed by atoms with E-state index in [1.54, 1.807) is 32.4 Å². The van der Waals surface area contributed by atoms with Crippen molar-refractivity contribution >= 4 is 34.8 Å². The van der Waals surface area contributed by atoms with Gasteiger partial charge in [0.2, 0.25) is 5.91 Å². The summed E-state index contributed by atoms with van der Waals surface area (Å²) in [5.41, 5.74) is 2.42. The molecule has 1 aliphatic rings. The van der Waals surface area contributed by atoms with Crippen molar-refractivity contribution < 1.29 is 14.3 Å². The summed E-state index contributed by atoms with van der Waals surface area (Å²) < 4.78 is 10.7. The Kier molecular flexibility index (Phi) is 6.47. The average molecular weight is 421 g/mol. The largest absolute Gasteiger partial charge is 0.493 e. The summed E-state index contributed by atoms with van der Waals surface area (Å²) in [6.45, 7) is 2.28. The Labute approximate surface area is 174 Å². The molecule has 0 saturated carbocycles. The van der Waals surface area contributed by atoms with Gasteiger partial charge in [-0.25, -0.2) is 5.01 Å². The second-order valence-electron chi connectivity index (χ2n) is 6.52. The minimum atomic E-state index is -0.0490. The highest BCUT2D eigenvalue weighted by Gasteiger charge is 2.30. The molecule has 3 rings (SSSR count). The van der Waals surface area contributed by atoms with Crippen LogP contribution in [0.5, 0.6) is 11.5 Å². The highest BCUT2D eigenvalue weighted by molar-refractivity contribution is 6.36. The number of ether oxygens (including phenoxy) is 2. The van der Waals surface area contributed by atoms with Crippen LogP contribution in [0.1, 0.15) is 30.9 Å². The number of amides is 1. The third-order valence-electron chi connectivity index (χ3n) is 4.87. The predicted octanol–water partition coefficient (Wildman–Crippen LogP) is 5.17. The Bertz CT molecular complexity index is 894. The van der Waals surface area contributed by atoms with E-state index in [1.165, 1.54) is 5.01 Å². The van der Waals surface area contributed by atoms with E-state index in [-0.39, 0.29) is 18.4 Å². The van der Waals surface area contributed by atoms with Crippen LogP contribution in [0.3, 0.4) is 0 Å². The lowest BCUT2D eigenvalue weighted by Crippen LogP contribution is -2.36. The van der Waals surface area contributed by atoms with Gasteiger partial charge in [0.1, 0.15) is 0 Å². The molecule has 2 aromatic carbocycles. The summed E-state index contributed by atoms with van der Waals surface area (Å²) >= 11 is 12.6. The quantitative estimate of drug-likeness (QED) is 0.647. The third kappa shape index (κ3) is 4.10. The van der Waals surface area contributed by atoms with Gasteiger partial charge in [-0.3, -0.25) is 4.79 Å². The molecule has 28 heavy (non-hydrogen) atoms. The van der Waals surface area contributed by atoms with Crippen molar-refractivity contribution in [1.29, 1.82) is 0 Å². The second-order valence-corrected chi connectivity index (χ2v) is 7.33. The Morgan fingerprint density at radius 1 is 1.11 bits per heavy atom. The minimum absolute atomic E-state index is 0.0311. The lowest BCUT2D eigenvalue weighted by molar-refractivity contribution is -0.133. The van der Waals surface area contributed by atoms with Crippen LogP contribution in [0.25, 0.3) is 0 Å². The fourth-order valence-electron chi connectivity index (χ4n) is 3.26. The molecule has 0 fully saturated rings. The van der Waals surface area contributed by atoms with Crippen molar-refractivity contribution in [3.05, 3.63) is 57.6 Å². The molecule has 7 heteroatoms. The number of hydrogen-bond acceptors (Lipinski definition) is 4. The lowest BCUT2D eigenvalue weighted by atomic mass is 9.89. The van der Waals surface area contributed by atoms with E-state index >= 15 is 0 Å². The highest BCUT2D eigenvalue weighted by atomic mass is 35.5. The van der Waals surface area contributed by atoms with Gasteiger partial charge >= 0.3 is 0 Å². The van der Waals surface area contributed by atoms with Crippen molar-refractivity contribution in [2.75, 3.05) is 14.2 Å². The molecule has 5 nitrogen and oxygen atoms in total. The Morgan fingerprint density at radius 3 is 2.39 bits per heavy atom. The maximum Gasteiger partial charge on any atom is 0.243 e. The monoisotopic (exact) mass is 420 g/mol. The van der Waals surface area contributed by atoms with Gasteiger partial charge in [0.25, 0.3) is 0 Å². The van der Waals surface area contributed by atoms with Crippen molar-refractivity contribution in [3.8, 4) is 11.5 Å². The van der Waals surface area contributed by atoms with E-state index in [0.717, 1.165) is 17.7 Å². The van der Waals surface area contributed by atoms with Crippen molar-refractivity contribution in [3.63, 3.8) is 0 Å². The summed E-state index contributed by atoms with van der Waals surface area (Å²) in [4.78, 5) is 12.7. The number of rotatable bonds is 6. The molecular formula is C21H22Cl2N2O3. The van der Waals surface area contributed by atoms with Gasteiger partial charge in [-0.2, -0.15) is 5.10 Å². The topological polar surface area (TPSA) is 51.1 Å². The van der Waals surface area contributed by atoms with Gasteiger partial charge in [0, 0.05) is 33.5 Å². The van der Waals surface area contributed by atoms with E-state index in [4.69, 9.17) is 32.7 Å². The maximum absolute atomic E-state index is 12.7. The number of benzene rings is 2. The molecule has 148 valence electrons. The number of hydrogen-bond donors (Lipinski definition) is 0. The molecule has 0 bridgehead atoms. The number of nitrogens with zero attached hydrogens (tertiary/aromatic N) is 2. The van der Waals surface area contributed by atoms with E-state index in [2.05, 4.69) is 12.0 Å². The molecule has 0 spiro atoms.